The van der Waals surface area contributed by atoms with Gasteiger partial charge in [-0.05, 0) is 13.8 Å². The summed E-state index contributed by atoms with van der Waals surface area (Å²) in [6.45, 7) is 3.50. The molecule has 6 nitrogen and oxygen atoms in total. The zero-order valence-electron chi connectivity index (χ0n) is 5.97. The Morgan fingerprint density at radius 3 is 1.90 bits per heavy atom. The molecule has 0 fully saturated rings. The maximum Gasteiger partial charge on any atom is 0.188 e. The lowest BCUT2D eigenvalue weighted by Gasteiger charge is -2.27. The van der Waals surface area contributed by atoms with E-state index in [0.717, 1.165) is 0 Å². The van der Waals surface area contributed by atoms with Crippen LogP contribution in [0.4, 0.5) is 0 Å². The van der Waals surface area contributed by atoms with Gasteiger partial charge in [0.25, 0.3) is 0 Å². The van der Waals surface area contributed by atoms with Crippen LogP contribution in [-0.4, -0.2) is 10.7 Å². The van der Waals surface area contributed by atoms with Crippen molar-refractivity contribution in [2.45, 2.75) is 19.6 Å². The smallest absolute Gasteiger partial charge is 0.188 e. The van der Waals surface area contributed by atoms with E-state index < -0.39 is 10.7 Å². The number of nitrogens with two attached hydrogens (primary N) is 3. The molecule has 0 spiro atoms. The Labute approximate surface area is 73.6 Å². The van der Waals surface area contributed by atoms with E-state index in [1.165, 1.54) is 0 Å². The van der Waals surface area contributed by atoms with Gasteiger partial charge < -0.3 is 0 Å². The second-order valence-corrected chi connectivity index (χ2v) is 3.00. The fourth-order valence-electron chi connectivity index (χ4n) is 0.413. The fraction of sp³-hybridized carbons (Fsp3) is 1.00. The number of nitrogens with one attached hydrogen (secondary N) is 1. The Kier molecular flexibility index (Phi) is 3.42. The molecule has 0 aromatic carbocycles. The number of rotatable bonds is 3. The van der Waals surface area contributed by atoms with E-state index in [9.17, 15) is 0 Å². The number of nitrogens with zero attached hydrogens (tertiary/aromatic N) is 1. The van der Waals surface area contributed by atoms with E-state index in [-0.39, 0.29) is 0 Å². The lowest BCUT2D eigenvalue weighted by Crippen LogP contribution is -2.69. The summed E-state index contributed by atoms with van der Waals surface area (Å²) in [6, 6.07) is 0. The first-order valence-corrected chi connectivity index (χ1v) is 3.68. The van der Waals surface area contributed by atoms with Crippen molar-refractivity contribution in [1.82, 2.24) is 3.53 Å². The van der Waals surface area contributed by atoms with Gasteiger partial charge in [0.15, 0.2) is 5.72 Å². The molecule has 0 aromatic rings. The third-order valence-corrected chi connectivity index (χ3v) is 1.91. The van der Waals surface area contributed by atoms with Crippen LogP contribution < -0.4 is 21.1 Å². The predicted molar refractivity (Wildman–Crippen MR) is 45.1 cm³/mol. The monoisotopic (exact) mass is 262 g/mol. The third-order valence-electron chi connectivity index (χ3n) is 0.614. The molecule has 0 amide bonds. The number of hydrogen-bond acceptors (Lipinski definition) is 5. The zero-order chi connectivity index (χ0) is 8.41. The highest BCUT2D eigenvalue weighted by molar-refractivity contribution is 14.1. The minimum absolute atomic E-state index is 0.640. The molecule has 0 heterocycles. The molecule has 0 aliphatic carbocycles. The molecule has 0 saturated heterocycles. The van der Waals surface area contributed by atoms with E-state index in [1.54, 1.807) is 13.8 Å². The van der Waals surface area contributed by atoms with E-state index >= 15 is 0 Å². The van der Waals surface area contributed by atoms with Gasteiger partial charge in [0.2, 0.25) is 0 Å². The summed E-state index contributed by atoms with van der Waals surface area (Å²) in [6.07, 6.45) is 0. The first-order valence-electron chi connectivity index (χ1n) is 2.60. The van der Waals surface area contributed by atoms with Gasteiger partial charge in [0, 0.05) is 27.8 Å². The maximum atomic E-state index is 5.12. The van der Waals surface area contributed by atoms with Crippen molar-refractivity contribution >= 4 is 22.9 Å². The van der Waals surface area contributed by atoms with Crippen molar-refractivity contribution in [2.75, 3.05) is 0 Å². The molecule has 62 valence electrons. The second kappa shape index (κ2) is 3.26. The van der Waals surface area contributed by atoms with Crippen molar-refractivity contribution in [3.8, 4) is 0 Å². The Morgan fingerprint density at radius 2 is 1.80 bits per heavy atom. The van der Waals surface area contributed by atoms with Crippen LogP contribution in [0.3, 0.4) is 0 Å². The van der Waals surface area contributed by atoms with Crippen LogP contribution in [0.15, 0.2) is 0 Å². The van der Waals surface area contributed by atoms with Crippen LogP contribution >= 0.6 is 22.9 Å². The number of quaternary nitrogens is 1. The van der Waals surface area contributed by atoms with Crippen LogP contribution in [0.5, 0.6) is 0 Å². The molecule has 0 bridgehead atoms. The van der Waals surface area contributed by atoms with Gasteiger partial charge >= 0.3 is 0 Å². The fourth-order valence-corrected chi connectivity index (χ4v) is 0.511. The summed E-state index contributed by atoms with van der Waals surface area (Å²) in [5.41, 5.74) is -0.640. The van der Waals surface area contributed by atoms with Crippen molar-refractivity contribution in [1.29, 1.82) is 0 Å². The SMILES string of the molecule is CC(C)(NI)O[N+](N)(N)N. The topological polar surface area (TPSA) is 99.3 Å². The lowest BCUT2D eigenvalue weighted by atomic mass is 10.3. The van der Waals surface area contributed by atoms with E-state index in [1.807, 2.05) is 22.9 Å². The van der Waals surface area contributed by atoms with Gasteiger partial charge in [0.05, 0.1) is 0 Å². The van der Waals surface area contributed by atoms with Crippen LogP contribution in [0, 0.1) is 0 Å². The summed E-state index contributed by atoms with van der Waals surface area (Å²) >= 11 is 1.92. The highest BCUT2D eigenvalue weighted by Crippen LogP contribution is 2.06. The maximum absolute atomic E-state index is 5.12. The standard InChI is InChI=1S/C3H13IN5O/c1-3(2,8-4)10-9(5,6)7/h8H,5-7H2,1-2H3/q+1. The van der Waals surface area contributed by atoms with Crippen molar-refractivity contribution in [3.05, 3.63) is 0 Å². The molecule has 7 heteroatoms. The molecule has 0 rings (SSSR count). The first kappa shape index (κ1) is 10.5. The molecule has 0 aromatic heterocycles. The molecule has 10 heavy (non-hydrogen) atoms. The van der Waals surface area contributed by atoms with E-state index in [0.29, 0.717) is 0 Å². The molecule has 7 N–H and O–H groups in total. The normalized spacial score (nSPS) is 13.8. The molecule has 0 aliphatic rings. The Balaban J connectivity index is 3.89. The van der Waals surface area contributed by atoms with Gasteiger partial charge in [-0.1, -0.05) is 0 Å². The van der Waals surface area contributed by atoms with Crippen LogP contribution in [0.25, 0.3) is 0 Å². The Morgan fingerprint density at radius 1 is 1.40 bits per heavy atom. The molecule has 0 saturated carbocycles. The van der Waals surface area contributed by atoms with E-state index in [2.05, 4.69) is 3.53 Å². The molecule has 0 atom stereocenters. The minimum atomic E-state index is -0.997. The Bertz CT molecular complexity index is 110. The van der Waals surface area contributed by atoms with Gasteiger partial charge in [-0.25, -0.2) is 3.53 Å². The van der Waals surface area contributed by atoms with Gasteiger partial charge in [0.1, 0.15) is 0 Å². The van der Waals surface area contributed by atoms with Crippen molar-refractivity contribution < 1.29 is 9.81 Å². The van der Waals surface area contributed by atoms with Crippen LogP contribution in [0.2, 0.25) is 0 Å². The van der Waals surface area contributed by atoms with Crippen molar-refractivity contribution in [3.63, 3.8) is 0 Å². The minimum Gasteiger partial charge on any atom is -0.227 e. The third kappa shape index (κ3) is 5.29. The van der Waals surface area contributed by atoms with Gasteiger partial charge in [-0.3, -0.25) is 0 Å². The highest BCUT2D eigenvalue weighted by atomic mass is 127. The summed E-state index contributed by atoms with van der Waals surface area (Å²) in [4.78, 5) is 3.93. The zero-order valence-corrected chi connectivity index (χ0v) is 8.12. The second-order valence-electron chi connectivity index (χ2n) is 2.46. The van der Waals surface area contributed by atoms with Gasteiger partial charge in [-0.15, -0.1) is 22.4 Å². The highest BCUT2D eigenvalue weighted by Gasteiger charge is 2.28. The van der Waals surface area contributed by atoms with E-state index in [4.69, 9.17) is 22.4 Å². The average molecular weight is 262 g/mol. The summed E-state index contributed by atoms with van der Waals surface area (Å²) < 4.78 is 2.79. The quantitative estimate of drug-likeness (QED) is 0.131. The Hall–Kier alpha value is 0.490. The first-order chi connectivity index (χ1) is 4.27. The molecular formula is C3H13IN5O+. The van der Waals surface area contributed by atoms with Crippen LogP contribution in [0.1, 0.15) is 13.8 Å². The summed E-state index contributed by atoms with van der Waals surface area (Å²) in [5, 5.41) is 0. The predicted octanol–water partition coefficient (Wildman–Crippen LogP) is -0.968. The molecule has 0 unspecified atom stereocenters. The average Bonchev–Trinajstić information content (AvgIpc) is 1.60. The lowest BCUT2D eigenvalue weighted by molar-refractivity contribution is -1.15. The largest absolute Gasteiger partial charge is 0.227 e. The molecular weight excluding hydrogens is 249 g/mol. The molecule has 0 aliphatic heterocycles. The van der Waals surface area contributed by atoms with Crippen LogP contribution in [-0.2, 0) is 4.84 Å². The molecule has 0 radical (unpaired) electrons. The van der Waals surface area contributed by atoms with Crippen molar-refractivity contribution in [2.24, 2.45) is 17.5 Å². The number of halogens is 1. The summed E-state index contributed by atoms with van der Waals surface area (Å²) in [5.74, 6) is 15.4. The van der Waals surface area contributed by atoms with Gasteiger partial charge in [-0.2, -0.15) is 0 Å². The summed E-state index contributed by atoms with van der Waals surface area (Å²) in [7, 11) is 0. The number of hydrogen-bond donors (Lipinski definition) is 4.